The summed E-state index contributed by atoms with van der Waals surface area (Å²) in [6.45, 7) is 0. The zero-order valence-corrected chi connectivity index (χ0v) is 10.6. The van der Waals surface area contributed by atoms with Gasteiger partial charge in [-0.3, -0.25) is 0 Å². The molecule has 0 spiro atoms. The van der Waals surface area contributed by atoms with Gasteiger partial charge in [0, 0.05) is 4.90 Å². The average Bonchev–Trinajstić information content (AvgIpc) is 1.86. The fraction of sp³-hybridized carbons (Fsp3) is 0. The molecule has 0 radical (unpaired) electrons. The summed E-state index contributed by atoms with van der Waals surface area (Å²) in [6.07, 6.45) is 0. The molecular formula is C6H8NaO3PS. The van der Waals surface area contributed by atoms with Gasteiger partial charge in [0.2, 0.25) is 0 Å². The van der Waals surface area contributed by atoms with Crippen LogP contribution >= 0.6 is 20.1 Å². The van der Waals surface area contributed by atoms with Gasteiger partial charge in [0.05, 0.1) is 0 Å². The summed E-state index contributed by atoms with van der Waals surface area (Å²) in [5.74, 6) is 0. The van der Waals surface area contributed by atoms with Gasteiger partial charge in [-0.15, -0.1) is 9.24 Å². The predicted octanol–water partition coefficient (Wildman–Crippen LogP) is -1.57. The van der Waals surface area contributed by atoms with E-state index in [4.69, 9.17) is 9.11 Å². The zero-order chi connectivity index (χ0) is 8.48. The first-order valence-electron chi connectivity index (χ1n) is 2.85. The summed E-state index contributed by atoms with van der Waals surface area (Å²) in [4.78, 5) is 0.0324. The maximum Gasteiger partial charge on any atom is 1.00 e. The Morgan fingerprint density at radius 1 is 1.33 bits per heavy atom. The topological polar surface area (TPSA) is 63.5 Å². The third-order valence-electron chi connectivity index (χ3n) is 1.17. The Kier molecular flexibility index (Phi) is 5.30. The van der Waals surface area contributed by atoms with Crippen LogP contribution in [0.5, 0.6) is 0 Å². The molecule has 0 amide bonds. The molecule has 0 bridgehead atoms. The van der Waals surface area contributed by atoms with Gasteiger partial charge in [0.25, 0.3) is 0 Å². The average molecular weight is 214 g/mol. The van der Waals surface area contributed by atoms with Gasteiger partial charge >= 0.3 is 29.6 Å². The third-order valence-corrected chi connectivity index (χ3v) is 2.39. The van der Waals surface area contributed by atoms with Crippen molar-refractivity contribution in [1.29, 1.82) is 0 Å². The van der Waals surface area contributed by atoms with Crippen molar-refractivity contribution in [3.63, 3.8) is 0 Å². The summed E-state index contributed by atoms with van der Waals surface area (Å²) in [5.41, 5.74) is 0. The first kappa shape index (κ1) is 12.9. The number of hydrogen-bond acceptors (Lipinski definition) is 3. The molecule has 0 aromatic heterocycles. The van der Waals surface area contributed by atoms with Crippen molar-refractivity contribution in [1.82, 2.24) is 0 Å². The van der Waals surface area contributed by atoms with Gasteiger partial charge in [-0.25, -0.2) is 0 Å². The molecule has 1 aromatic carbocycles. The standard InChI is InChI=1S/C6H9O3PS.Na/c7-11(8,9)6-3-1-2-5(10)4-6;/h1-4,7-9H,10H2;/q;+1/p-1. The van der Waals surface area contributed by atoms with Crippen molar-refractivity contribution in [3.8, 4) is 0 Å². The van der Waals surface area contributed by atoms with Crippen LogP contribution in [0.15, 0.2) is 29.2 Å². The van der Waals surface area contributed by atoms with Crippen LogP contribution in [0, 0.1) is 0 Å². The van der Waals surface area contributed by atoms with Gasteiger partial charge in [-0.2, -0.15) is 0 Å². The summed E-state index contributed by atoms with van der Waals surface area (Å²) < 4.78 is 28.0. The third kappa shape index (κ3) is 3.73. The maximum absolute atomic E-state index is 10.6. The molecule has 1 atom stereocenters. The van der Waals surface area contributed by atoms with Gasteiger partial charge in [0.15, 0.2) is 0 Å². The fourth-order valence-corrected chi connectivity index (χ4v) is 1.64. The van der Waals surface area contributed by atoms with Gasteiger partial charge < -0.3 is 13.7 Å². The first-order valence-corrected chi connectivity index (χ1v) is 4.90. The van der Waals surface area contributed by atoms with E-state index in [2.05, 4.69) is 9.24 Å². The second kappa shape index (κ2) is 4.94. The fourth-order valence-electron chi connectivity index (χ4n) is 0.680. The Hall–Kier alpha value is 0.880. The van der Waals surface area contributed by atoms with E-state index in [1.54, 1.807) is 12.1 Å². The molecule has 0 heterocycles. The van der Waals surface area contributed by atoms with Gasteiger partial charge in [-0.05, 0) is 17.4 Å². The molecular weight excluding hydrogens is 206 g/mol. The molecule has 0 aliphatic heterocycles. The minimum atomic E-state index is -3.79. The molecule has 0 fully saturated rings. The Morgan fingerprint density at radius 3 is 2.25 bits per heavy atom. The first-order chi connectivity index (χ1) is 5.00. The molecule has 0 saturated heterocycles. The Bertz CT molecular complexity index is 263. The number of benzene rings is 1. The minimum absolute atomic E-state index is 0. The molecule has 62 valence electrons. The SMILES string of the molecule is [Na+].[O-]S(O)(O)c1cccc(P)c1. The van der Waals surface area contributed by atoms with Crippen molar-refractivity contribution in [2.24, 2.45) is 0 Å². The largest absolute Gasteiger partial charge is 1.00 e. The predicted molar refractivity (Wildman–Crippen MR) is 47.7 cm³/mol. The smallest absolute Gasteiger partial charge is 0.769 e. The number of rotatable bonds is 1. The molecule has 0 saturated carbocycles. The molecule has 0 aliphatic rings. The van der Waals surface area contributed by atoms with Crippen molar-refractivity contribution >= 4 is 25.4 Å². The van der Waals surface area contributed by atoms with E-state index in [1.165, 1.54) is 12.1 Å². The van der Waals surface area contributed by atoms with Gasteiger partial charge in [0.1, 0.15) is 0 Å². The molecule has 3 nitrogen and oxygen atoms in total. The van der Waals surface area contributed by atoms with E-state index >= 15 is 0 Å². The second-order valence-electron chi connectivity index (χ2n) is 2.07. The van der Waals surface area contributed by atoms with Crippen LogP contribution in [0.25, 0.3) is 0 Å². The molecule has 6 heteroatoms. The van der Waals surface area contributed by atoms with E-state index in [-0.39, 0.29) is 34.5 Å². The van der Waals surface area contributed by atoms with Gasteiger partial charge in [-0.1, -0.05) is 23.0 Å². The molecule has 0 aliphatic carbocycles. The quantitative estimate of drug-likeness (QED) is 0.438. The second-order valence-corrected chi connectivity index (χ2v) is 4.20. The van der Waals surface area contributed by atoms with Crippen LogP contribution in [0.3, 0.4) is 0 Å². The van der Waals surface area contributed by atoms with Crippen LogP contribution < -0.4 is 34.9 Å². The maximum atomic E-state index is 10.6. The van der Waals surface area contributed by atoms with Crippen molar-refractivity contribution in [2.75, 3.05) is 0 Å². The number of hydrogen-bond donors (Lipinski definition) is 2. The normalized spacial score (nSPS) is 12.0. The Labute approximate surface area is 97.2 Å². The van der Waals surface area contributed by atoms with Crippen LogP contribution in [-0.2, 0) is 0 Å². The van der Waals surface area contributed by atoms with E-state index in [0.717, 1.165) is 5.30 Å². The van der Waals surface area contributed by atoms with E-state index < -0.39 is 10.9 Å². The molecule has 1 aromatic rings. The Balaban J connectivity index is 0.00000121. The molecule has 2 N–H and O–H groups in total. The van der Waals surface area contributed by atoms with Crippen molar-refractivity contribution < 1.29 is 43.2 Å². The summed E-state index contributed by atoms with van der Waals surface area (Å²) in [6, 6.07) is 6.19. The van der Waals surface area contributed by atoms with Crippen LogP contribution in [0.2, 0.25) is 0 Å². The summed E-state index contributed by atoms with van der Waals surface area (Å²) >= 11 is 0. The van der Waals surface area contributed by atoms with E-state index in [0.29, 0.717) is 0 Å². The van der Waals surface area contributed by atoms with Crippen LogP contribution in [-0.4, -0.2) is 13.7 Å². The molecule has 12 heavy (non-hydrogen) atoms. The van der Waals surface area contributed by atoms with Crippen molar-refractivity contribution in [3.05, 3.63) is 24.3 Å². The minimum Gasteiger partial charge on any atom is -0.769 e. The van der Waals surface area contributed by atoms with E-state index in [1.807, 2.05) is 0 Å². The monoisotopic (exact) mass is 214 g/mol. The zero-order valence-electron chi connectivity index (χ0n) is 6.60. The summed E-state index contributed by atoms with van der Waals surface area (Å²) in [7, 11) is -1.42. The van der Waals surface area contributed by atoms with Crippen LogP contribution in [0.1, 0.15) is 0 Å². The van der Waals surface area contributed by atoms with Crippen molar-refractivity contribution in [2.45, 2.75) is 4.90 Å². The van der Waals surface area contributed by atoms with Crippen LogP contribution in [0.4, 0.5) is 0 Å². The van der Waals surface area contributed by atoms with E-state index in [9.17, 15) is 4.55 Å². The summed E-state index contributed by atoms with van der Waals surface area (Å²) in [5, 5.41) is 0.762. The molecule has 1 unspecified atom stereocenters. The molecule has 1 rings (SSSR count). The Morgan fingerprint density at radius 2 is 1.92 bits per heavy atom.